The van der Waals surface area contributed by atoms with E-state index in [4.69, 9.17) is 9.15 Å². The highest BCUT2D eigenvalue weighted by molar-refractivity contribution is 7.91. The lowest BCUT2D eigenvalue weighted by Crippen LogP contribution is -2.17. The first-order valence-electron chi connectivity index (χ1n) is 8.59. The summed E-state index contributed by atoms with van der Waals surface area (Å²) in [4.78, 5) is 12.0. The van der Waals surface area contributed by atoms with E-state index in [0.29, 0.717) is 12.3 Å². The van der Waals surface area contributed by atoms with Gasteiger partial charge in [0.25, 0.3) is 0 Å². The Morgan fingerprint density at radius 2 is 1.79 bits per heavy atom. The monoisotopic (exact) mass is 419 g/mol. The Morgan fingerprint density at radius 1 is 1.10 bits per heavy atom. The molecule has 0 aliphatic heterocycles. The minimum absolute atomic E-state index is 0.0498. The van der Waals surface area contributed by atoms with Gasteiger partial charge in [0, 0.05) is 6.42 Å². The number of benzene rings is 2. The number of hydrogen-bond acceptors (Lipinski definition) is 7. The second-order valence-corrected chi connectivity index (χ2v) is 8.21. The molecule has 8 nitrogen and oxygen atoms in total. The number of aromatic nitrogens is 2. The van der Waals surface area contributed by atoms with Crippen molar-refractivity contribution in [2.45, 2.75) is 17.7 Å². The molecule has 1 heterocycles. The van der Waals surface area contributed by atoms with Crippen LogP contribution in [-0.2, 0) is 21.1 Å². The van der Waals surface area contributed by atoms with Gasteiger partial charge in [0.05, 0.1) is 24.2 Å². The van der Waals surface area contributed by atoms with Crippen LogP contribution < -0.4 is 10.1 Å². The van der Waals surface area contributed by atoms with Crippen molar-refractivity contribution in [3.8, 4) is 5.75 Å². The molecule has 0 unspecified atom stereocenters. The van der Waals surface area contributed by atoms with Gasteiger partial charge in [-0.1, -0.05) is 17.2 Å². The second kappa shape index (κ2) is 8.82. The second-order valence-electron chi connectivity index (χ2n) is 6.10. The minimum Gasteiger partial charge on any atom is -0.497 e. The molecule has 3 aromatic rings. The molecular formula is C19H18FN3O5S. The van der Waals surface area contributed by atoms with E-state index in [9.17, 15) is 17.6 Å². The molecule has 0 bridgehead atoms. The summed E-state index contributed by atoms with van der Waals surface area (Å²) in [7, 11) is -2.13. The average Bonchev–Trinajstić information content (AvgIpc) is 3.14. The molecule has 0 radical (unpaired) electrons. The molecule has 0 aliphatic carbocycles. The molecule has 0 saturated carbocycles. The van der Waals surface area contributed by atoms with Crippen LogP contribution in [0.15, 0.2) is 57.8 Å². The fraction of sp³-hybridized carbons (Fsp3) is 0.211. The van der Waals surface area contributed by atoms with Gasteiger partial charge in [0.15, 0.2) is 9.84 Å². The molecule has 0 atom stereocenters. The number of rotatable bonds is 8. The summed E-state index contributed by atoms with van der Waals surface area (Å²) in [6.07, 6.45) is 0.0573. The van der Waals surface area contributed by atoms with Crippen molar-refractivity contribution >= 4 is 21.8 Å². The average molecular weight is 419 g/mol. The van der Waals surface area contributed by atoms with Crippen LogP contribution in [0.5, 0.6) is 5.75 Å². The largest absolute Gasteiger partial charge is 0.497 e. The van der Waals surface area contributed by atoms with Crippen molar-refractivity contribution in [2.24, 2.45) is 0 Å². The highest BCUT2D eigenvalue weighted by Crippen LogP contribution is 2.16. The van der Waals surface area contributed by atoms with Crippen molar-refractivity contribution in [2.75, 3.05) is 18.2 Å². The third-order valence-corrected chi connectivity index (χ3v) is 5.73. The number of amides is 1. The Bertz CT molecular complexity index is 1080. The lowest BCUT2D eigenvalue weighted by Gasteiger charge is -2.04. The number of nitrogens with zero attached hydrogens (tertiary/aromatic N) is 2. The van der Waals surface area contributed by atoms with Crippen molar-refractivity contribution in [1.82, 2.24) is 10.2 Å². The third kappa shape index (κ3) is 5.61. The summed E-state index contributed by atoms with van der Waals surface area (Å²) in [5.74, 6) is -0.539. The maximum absolute atomic E-state index is 12.9. The standard InChI is InChI=1S/C19H18FN3O5S/c1-27-15-6-2-13(3-7-15)12-18-22-23-19(28-18)21-17(24)10-11-29(25,26)16-8-4-14(20)5-9-16/h2-9H,10-12H2,1H3,(H,21,23,24). The molecule has 10 heteroatoms. The molecule has 0 spiro atoms. The zero-order chi connectivity index (χ0) is 20.9. The molecule has 1 aromatic heterocycles. The van der Waals surface area contributed by atoms with Crippen molar-refractivity contribution in [3.05, 3.63) is 65.8 Å². The molecule has 1 amide bonds. The predicted molar refractivity (Wildman–Crippen MR) is 102 cm³/mol. The highest BCUT2D eigenvalue weighted by Gasteiger charge is 2.18. The number of methoxy groups -OCH3 is 1. The van der Waals surface area contributed by atoms with Crippen LogP contribution in [0.3, 0.4) is 0 Å². The lowest BCUT2D eigenvalue weighted by molar-refractivity contribution is -0.116. The topological polar surface area (TPSA) is 111 Å². The van der Waals surface area contributed by atoms with E-state index in [-0.39, 0.29) is 17.3 Å². The number of sulfone groups is 1. The summed E-state index contributed by atoms with van der Waals surface area (Å²) in [6.45, 7) is 0. The highest BCUT2D eigenvalue weighted by atomic mass is 32.2. The van der Waals surface area contributed by atoms with Crippen LogP contribution >= 0.6 is 0 Å². The fourth-order valence-corrected chi connectivity index (χ4v) is 3.70. The molecule has 29 heavy (non-hydrogen) atoms. The van der Waals surface area contributed by atoms with Gasteiger partial charge in [-0.2, -0.15) is 0 Å². The minimum atomic E-state index is -3.71. The number of carbonyl (C=O) groups excluding carboxylic acids is 1. The van der Waals surface area contributed by atoms with E-state index in [0.717, 1.165) is 35.6 Å². The molecular weight excluding hydrogens is 401 g/mol. The Morgan fingerprint density at radius 3 is 2.45 bits per heavy atom. The van der Waals surface area contributed by atoms with E-state index in [1.807, 2.05) is 12.1 Å². The Balaban J connectivity index is 1.53. The first kappa shape index (κ1) is 20.5. The fourth-order valence-electron chi connectivity index (χ4n) is 2.46. The Labute approximate surface area is 166 Å². The van der Waals surface area contributed by atoms with Gasteiger partial charge in [-0.25, -0.2) is 12.8 Å². The SMILES string of the molecule is COc1ccc(Cc2nnc(NC(=O)CCS(=O)(=O)c3ccc(F)cc3)o2)cc1. The summed E-state index contributed by atoms with van der Waals surface area (Å²) in [5.41, 5.74) is 0.915. The first-order chi connectivity index (χ1) is 13.9. The van der Waals surface area contributed by atoms with E-state index in [1.54, 1.807) is 19.2 Å². The van der Waals surface area contributed by atoms with Gasteiger partial charge >= 0.3 is 6.01 Å². The van der Waals surface area contributed by atoms with Gasteiger partial charge in [-0.3, -0.25) is 10.1 Å². The zero-order valence-electron chi connectivity index (χ0n) is 15.5. The van der Waals surface area contributed by atoms with E-state index in [1.165, 1.54) is 0 Å². The van der Waals surface area contributed by atoms with Gasteiger partial charge in [-0.05, 0) is 42.0 Å². The summed E-state index contributed by atoms with van der Waals surface area (Å²) in [5, 5.41) is 9.97. The zero-order valence-corrected chi connectivity index (χ0v) is 16.3. The van der Waals surface area contributed by atoms with E-state index < -0.39 is 27.3 Å². The Hall–Kier alpha value is -3.27. The van der Waals surface area contributed by atoms with Crippen LogP contribution in [0, 0.1) is 5.82 Å². The number of carbonyl (C=O) groups is 1. The van der Waals surface area contributed by atoms with Gasteiger partial charge < -0.3 is 9.15 Å². The van der Waals surface area contributed by atoms with Crippen molar-refractivity contribution in [3.63, 3.8) is 0 Å². The number of halogens is 1. The summed E-state index contributed by atoms with van der Waals surface area (Å²) in [6, 6.07) is 11.6. The van der Waals surface area contributed by atoms with Crippen molar-refractivity contribution in [1.29, 1.82) is 0 Å². The van der Waals surface area contributed by atoms with Gasteiger partial charge in [0.1, 0.15) is 11.6 Å². The molecule has 3 rings (SSSR count). The normalized spacial score (nSPS) is 11.2. The predicted octanol–water partition coefficient (Wildman–Crippen LogP) is 2.61. The van der Waals surface area contributed by atoms with E-state index in [2.05, 4.69) is 15.5 Å². The number of hydrogen-bond donors (Lipinski definition) is 1. The van der Waals surface area contributed by atoms with Crippen LogP contribution in [0.4, 0.5) is 10.4 Å². The Kier molecular flexibility index (Phi) is 6.23. The summed E-state index contributed by atoms with van der Waals surface area (Å²) < 4.78 is 47.8. The van der Waals surface area contributed by atoms with Gasteiger partial charge in [0.2, 0.25) is 11.8 Å². The molecule has 0 saturated heterocycles. The van der Waals surface area contributed by atoms with Crippen LogP contribution in [0.25, 0.3) is 0 Å². The number of ether oxygens (including phenoxy) is 1. The maximum Gasteiger partial charge on any atom is 0.322 e. The smallest absolute Gasteiger partial charge is 0.322 e. The quantitative estimate of drug-likeness (QED) is 0.559. The summed E-state index contributed by atoms with van der Waals surface area (Å²) >= 11 is 0. The number of anilines is 1. The van der Waals surface area contributed by atoms with Crippen molar-refractivity contribution < 1.29 is 26.8 Å². The molecule has 152 valence electrons. The van der Waals surface area contributed by atoms with Crippen LogP contribution in [-0.4, -0.2) is 37.4 Å². The van der Waals surface area contributed by atoms with Crippen LogP contribution in [0.1, 0.15) is 17.9 Å². The van der Waals surface area contributed by atoms with Crippen LogP contribution in [0.2, 0.25) is 0 Å². The lowest BCUT2D eigenvalue weighted by atomic mass is 10.1. The van der Waals surface area contributed by atoms with E-state index >= 15 is 0 Å². The molecule has 2 aromatic carbocycles. The number of nitrogens with one attached hydrogen (secondary N) is 1. The molecule has 1 N–H and O–H groups in total. The van der Waals surface area contributed by atoms with Gasteiger partial charge in [-0.15, -0.1) is 5.10 Å². The molecule has 0 aliphatic rings. The first-order valence-corrected chi connectivity index (χ1v) is 10.2. The maximum atomic E-state index is 12.9. The molecule has 0 fully saturated rings. The third-order valence-electron chi connectivity index (χ3n) is 4.00.